The maximum absolute atomic E-state index is 12.4. The van der Waals surface area contributed by atoms with Crippen LogP contribution in [0.5, 0.6) is 0 Å². The molecule has 7 heteroatoms. The van der Waals surface area contributed by atoms with Gasteiger partial charge in [0.25, 0.3) is 5.91 Å². The minimum Gasteiger partial charge on any atom is -0.616 e. The quantitative estimate of drug-likeness (QED) is 0.749. The van der Waals surface area contributed by atoms with Crippen molar-refractivity contribution in [3.63, 3.8) is 0 Å². The number of piperazine rings is 1. The highest BCUT2D eigenvalue weighted by atomic mass is 32.2. The first-order valence-electron chi connectivity index (χ1n) is 8.54. The lowest BCUT2D eigenvalue weighted by molar-refractivity contribution is -0.136. The van der Waals surface area contributed by atoms with E-state index in [-0.39, 0.29) is 17.6 Å². The van der Waals surface area contributed by atoms with E-state index < -0.39 is 11.2 Å². The van der Waals surface area contributed by atoms with Crippen LogP contribution in [-0.2, 0) is 26.5 Å². The molecule has 3 rings (SSSR count). The Balaban J connectivity index is 1.53. The molecule has 26 heavy (non-hydrogen) atoms. The van der Waals surface area contributed by atoms with Gasteiger partial charge in [0.15, 0.2) is 5.75 Å². The molecule has 0 N–H and O–H groups in total. The van der Waals surface area contributed by atoms with Gasteiger partial charge in [0.1, 0.15) is 11.5 Å². The van der Waals surface area contributed by atoms with E-state index >= 15 is 0 Å². The highest BCUT2D eigenvalue weighted by Crippen LogP contribution is 2.22. The highest BCUT2D eigenvalue weighted by molar-refractivity contribution is 7.91. The zero-order chi connectivity index (χ0) is 18.5. The highest BCUT2D eigenvalue weighted by Gasteiger charge is 2.25. The lowest BCUT2D eigenvalue weighted by Crippen LogP contribution is -2.51. The topological polar surface area (TPSA) is 76.8 Å². The Morgan fingerprint density at radius 3 is 2.50 bits per heavy atom. The Morgan fingerprint density at radius 2 is 1.85 bits per heavy atom. The number of hydrogen-bond donors (Lipinski definition) is 0. The van der Waals surface area contributed by atoms with Crippen molar-refractivity contribution >= 4 is 23.0 Å². The average Bonchev–Trinajstić information content (AvgIpc) is 3.16. The molecule has 1 saturated heterocycles. The van der Waals surface area contributed by atoms with Crippen molar-refractivity contribution in [3.05, 3.63) is 48.2 Å². The van der Waals surface area contributed by atoms with Crippen LogP contribution in [0.15, 0.2) is 47.1 Å². The Morgan fingerprint density at radius 1 is 1.12 bits per heavy atom. The number of hydrogen-bond acceptors (Lipinski definition) is 4. The lowest BCUT2D eigenvalue weighted by Gasteiger charge is -2.34. The van der Waals surface area contributed by atoms with Crippen molar-refractivity contribution in [2.75, 3.05) is 31.9 Å². The van der Waals surface area contributed by atoms with Crippen LogP contribution >= 0.6 is 0 Å². The molecule has 1 aromatic heterocycles. The summed E-state index contributed by atoms with van der Waals surface area (Å²) in [6.45, 7) is 3.62. The zero-order valence-corrected chi connectivity index (χ0v) is 15.5. The number of carbonyl (C=O) groups excluding carboxylic acids is 2. The smallest absolute Gasteiger partial charge is 0.272 e. The number of nitrogens with zero attached hydrogens (tertiary/aromatic N) is 2. The molecule has 1 aromatic carbocycles. The van der Waals surface area contributed by atoms with Gasteiger partial charge in [-0.1, -0.05) is 18.2 Å². The third kappa shape index (κ3) is 4.68. The molecule has 6 nitrogen and oxygen atoms in total. The molecule has 2 amide bonds. The monoisotopic (exact) mass is 374 g/mol. The Labute approximate surface area is 155 Å². The van der Waals surface area contributed by atoms with Crippen molar-refractivity contribution in [1.82, 2.24) is 9.80 Å². The summed E-state index contributed by atoms with van der Waals surface area (Å²) in [5.74, 6) is 1.00. The molecular weight excluding hydrogens is 352 g/mol. The third-order valence-electron chi connectivity index (χ3n) is 4.42. The summed E-state index contributed by atoms with van der Waals surface area (Å²) in [6.07, 6.45) is 1.62. The molecule has 1 fully saturated rings. The SMILES string of the molecule is CC(=O)N1CCN(C(=O)C[S+]([O-])Cc2cccc(-c3ccco3)c2)CC1. The number of carbonyl (C=O) groups is 2. The molecule has 138 valence electrons. The fourth-order valence-electron chi connectivity index (χ4n) is 2.99. The van der Waals surface area contributed by atoms with Crippen molar-refractivity contribution in [1.29, 1.82) is 0 Å². The predicted molar refractivity (Wildman–Crippen MR) is 99.7 cm³/mol. The van der Waals surface area contributed by atoms with Crippen molar-refractivity contribution in [3.8, 4) is 11.3 Å². The summed E-state index contributed by atoms with van der Waals surface area (Å²) >= 11 is -1.28. The Kier molecular flexibility index (Phi) is 6.00. The van der Waals surface area contributed by atoms with Crippen molar-refractivity contribution in [2.24, 2.45) is 0 Å². The largest absolute Gasteiger partial charge is 0.616 e. The minimum atomic E-state index is -1.28. The van der Waals surface area contributed by atoms with E-state index in [1.54, 1.807) is 16.1 Å². The molecule has 2 heterocycles. The molecule has 0 aliphatic carbocycles. The summed E-state index contributed by atoms with van der Waals surface area (Å²) in [4.78, 5) is 27.1. The second-order valence-corrected chi connectivity index (χ2v) is 7.75. The summed E-state index contributed by atoms with van der Waals surface area (Å²) in [5, 5.41) is 0. The zero-order valence-electron chi connectivity index (χ0n) is 14.7. The molecule has 1 aliphatic rings. The van der Waals surface area contributed by atoms with Gasteiger partial charge in [0, 0.05) is 44.2 Å². The summed E-state index contributed by atoms with van der Waals surface area (Å²) < 4.78 is 17.8. The van der Waals surface area contributed by atoms with E-state index in [0.717, 1.165) is 16.9 Å². The van der Waals surface area contributed by atoms with E-state index in [0.29, 0.717) is 31.9 Å². The van der Waals surface area contributed by atoms with Gasteiger partial charge in [-0.25, -0.2) is 0 Å². The van der Waals surface area contributed by atoms with E-state index in [4.69, 9.17) is 4.42 Å². The number of benzene rings is 1. The van der Waals surface area contributed by atoms with E-state index in [2.05, 4.69) is 0 Å². The van der Waals surface area contributed by atoms with Crippen molar-refractivity contribution < 1.29 is 18.6 Å². The van der Waals surface area contributed by atoms with Crippen LogP contribution in [0, 0.1) is 0 Å². The maximum Gasteiger partial charge on any atom is 0.272 e. The van der Waals surface area contributed by atoms with Crippen LogP contribution in [0.4, 0.5) is 0 Å². The van der Waals surface area contributed by atoms with Crippen molar-refractivity contribution in [2.45, 2.75) is 12.7 Å². The van der Waals surface area contributed by atoms with E-state index in [1.165, 1.54) is 6.92 Å². The normalized spacial score (nSPS) is 15.8. The molecule has 1 atom stereocenters. The van der Waals surface area contributed by atoms with Gasteiger partial charge in [-0.05, 0) is 29.4 Å². The van der Waals surface area contributed by atoms with Gasteiger partial charge in [-0.3, -0.25) is 9.59 Å². The van der Waals surface area contributed by atoms with E-state index in [1.807, 2.05) is 36.4 Å². The first-order valence-corrected chi connectivity index (χ1v) is 10.0. The number of amides is 2. The van der Waals surface area contributed by atoms with Crippen LogP contribution in [0.1, 0.15) is 12.5 Å². The Bertz CT molecular complexity index is 755. The molecule has 0 bridgehead atoms. The fourth-order valence-corrected chi connectivity index (χ4v) is 4.11. The van der Waals surface area contributed by atoms with Gasteiger partial charge in [-0.2, -0.15) is 0 Å². The van der Waals surface area contributed by atoms with Gasteiger partial charge in [0.05, 0.1) is 6.26 Å². The van der Waals surface area contributed by atoms with Crippen LogP contribution in [0.3, 0.4) is 0 Å². The van der Waals surface area contributed by atoms with Gasteiger partial charge < -0.3 is 18.8 Å². The van der Waals surface area contributed by atoms with Gasteiger partial charge in [0.2, 0.25) is 5.91 Å². The molecule has 1 aliphatic heterocycles. The summed E-state index contributed by atoms with van der Waals surface area (Å²) in [5.41, 5.74) is 1.84. The van der Waals surface area contributed by atoms with E-state index in [9.17, 15) is 14.1 Å². The van der Waals surface area contributed by atoms with Crippen LogP contribution < -0.4 is 0 Å². The lowest BCUT2D eigenvalue weighted by atomic mass is 10.1. The molecule has 0 spiro atoms. The second kappa shape index (κ2) is 8.42. The molecule has 1 unspecified atom stereocenters. The summed E-state index contributed by atoms with van der Waals surface area (Å²) in [7, 11) is 0. The standard InChI is InChI=1S/C19H22N2O4S/c1-15(22)20-7-9-21(10-8-20)19(23)14-26(24)13-16-4-2-5-17(12-16)18-6-3-11-25-18/h2-6,11-12H,7-10,13-14H2,1H3. The fraction of sp³-hybridized carbons (Fsp3) is 0.368. The predicted octanol–water partition coefficient (Wildman–Crippen LogP) is 1.89. The van der Waals surface area contributed by atoms with Crippen LogP contribution in [-0.4, -0.2) is 58.1 Å². The summed E-state index contributed by atoms with van der Waals surface area (Å²) in [6, 6.07) is 11.4. The molecule has 2 aromatic rings. The van der Waals surface area contributed by atoms with Gasteiger partial charge in [-0.15, -0.1) is 0 Å². The van der Waals surface area contributed by atoms with Gasteiger partial charge >= 0.3 is 0 Å². The van der Waals surface area contributed by atoms with Crippen LogP contribution in [0.25, 0.3) is 11.3 Å². The number of rotatable bonds is 5. The molecule has 0 radical (unpaired) electrons. The second-order valence-electron chi connectivity index (χ2n) is 6.29. The third-order valence-corrected chi connectivity index (χ3v) is 5.65. The average molecular weight is 374 g/mol. The van der Waals surface area contributed by atoms with Crippen LogP contribution in [0.2, 0.25) is 0 Å². The molecule has 0 saturated carbocycles. The number of furan rings is 1. The first-order chi connectivity index (χ1) is 12.5. The maximum atomic E-state index is 12.4. The molecular formula is C19H22N2O4S. The first kappa shape index (κ1) is 18.5. The Hall–Kier alpha value is -2.25. The minimum absolute atomic E-state index is 0.00501.